The average molecular weight is 349 g/mol. The van der Waals surface area contributed by atoms with Crippen LogP contribution in [0.5, 0.6) is 0 Å². The SMILES string of the molecule is CCCCCC1CCC(c2ccc(C#Cc3ccc(F)nc3)cc2)CC1. The fourth-order valence-electron chi connectivity index (χ4n) is 3.90. The Labute approximate surface area is 157 Å². The summed E-state index contributed by atoms with van der Waals surface area (Å²) in [6, 6.07) is 11.7. The molecule has 1 aliphatic carbocycles. The lowest BCUT2D eigenvalue weighted by atomic mass is 9.77. The Morgan fingerprint density at radius 3 is 2.27 bits per heavy atom. The van der Waals surface area contributed by atoms with E-state index in [1.807, 2.05) is 0 Å². The maximum absolute atomic E-state index is 12.8. The Balaban J connectivity index is 1.53. The summed E-state index contributed by atoms with van der Waals surface area (Å²) >= 11 is 0. The maximum Gasteiger partial charge on any atom is 0.212 e. The van der Waals surface area contributed by atoms with Gasteiger partial charge in [0.1, 0.15) is 0 Å². The number of hydrogen-bond acceptors (Lipinski definition) is 1. The van der Waals surface area contributed by atoms with Gasteiger partial charge in [0.15, 0.2) is 0 Å². The van der Waals surface area contributed by atoms with Crippen molar-refractivity contribution in [1.82, 2.24) is 4.98 Å². The molecule has 0 saturated heterocycles. The van der Waals surface area contributed by atoms with Crippen molar-refractivity contribution in [3.8, 4) is 11.8 Å². The molecule has 2 heteroatoms. The van der Waals surface area contributed by atoms with Crippen LogP contribution in [-0.4, -0.2) is 4.98 Å². The minimum atomic E-state index is -0.472. The average Bonchev–Trinajstić information content (AvgIpc) is 2.69. The van der Waals surface area contributed by atoms with Crippen LogP contribution in [-0.2, 0) is 0 Å². The molecule has 3 rings (SSSR count). The van der Waals surface area contributed by atoms with Crippen LogP contribution < -0.4 is 0 Å². The van der Waals surface area contributed by atoms with Crippen LogP contribution in [0.4, 0.5) is 4.39 Å². The van der Waals surface area contributed by atoms with Crippen LogP contribution in [0.15, 0.2) is 42.6 Å². The minimum absolute atomic E-state index is 0.472. The first-order chi connectivity index (χ1) is 12.7. The van der Waals surface area contributed by atoms with Crippen molar-refractivity contribution in [3.63, 3.8) is 0 Å². The highest BCUT2D eigenvalue weighted by Crippen LogP contribution is 2.37. The Morgan fingerprint density at radius 1 is 0.923 bits per heavy atom. The van der Waals surface area contributed by atoms with Crippen LogP contribution >= 0.6 is 0 Å². The number of pyridine rings is 1. The fourth-order valence-corrected chi connectivity index (χ4v) is 3.90. The molecule has 26 heavy (non-hydrogen) atoms. The second-order valence-corrected chi connectivity index (χ2v) is 7.46. The lowest BCUT2D eigenvalue weighted by Crippen LogP contribution is -2.13. The fraction of sp³-hybridized carbons (Fsp3) is 0.458. The van der Waals surface area contributed by atoms with Gasteiger partial charge in [0.25, 0.3) is 0 Å². The third-order valence-electron chi connectivity index (χ3n) is 5.52. The van der Waals surface area contributed by atoms with E-state index in [2.05, 4.69) is 48.0 Å². The van der Waals surface area contributed by atoms with Crippen LogP contribution in [0, 0.1) is 23.7 Å². The first-order valence-electron chi connectivity index (χ1n) is 9.98. The zero-order valence-electron chi connectivity index (χ0n) is 15.7. The molecule has 0 radical (unpaired) electrons. The van der Waals surface area contributed by atoms with Crippen molar-refractivity contribution in [2.45, 2.75) is 64.2 Å². The Hall–Kier alpha value is -2.14. The number of benzene rings is 1. The van der Waals surface area contributed by atoms with Gasteiger partial charge in [0.05, 0.1) is 0 Å². The normalized spacial score (nSPS) is 19.6. The van der Waals surface area contributed by atoms with E-state index in [0.29, 0.717) is 5.92 Å². The molecule has 1 aliphatic rings. The van der Waals surface area contributed by atoms with E-state index in [-0.39, 0.29) is 0 Å². The number of halogens is 1. The molecule has 0 amide bonds. The molecule has 1 aromatic heterocycles. The second kappa shape index (κ2) is 9.53. The standard InChI is InChI=1S/C24H28FN/c1-2-3-4-5-19-8-13-22(14-9-19)23-15-10-20(11-16-23)6-7-21-12-17-24(25)26-18-21/h10-12,15-19,22H,2-5,8-9,13-14H2,1H3. The molecule has 1 aromatic carbocycles. The van der Waals surface area contributed by atoms with Gasteiger partial charge in [-0.3, -0.25) is 0 Å². The minimum Gasteiger partial charge on any atom is -0.227 e. The van der Waals surface area contributed by atoms with E-state index in [9.17, 15) is 4.39 Å². The predicted octanol–water partition coefficient (Wildman–Crippen LogP) is 6.47. The third kappa shape index (κ3) is 5.43. The monoisotopic (exact) mass is 349 g/mol. The molecule has 1 nitrogen and oxygen atoms in total. The molecule has 1 fully saturated rings. The molecule has 0 aliphatic heterocycles. The van der Waals surface area contributed by atoms with Gasteiger partial charge >= 0.3 is 0 Å². The summed E-state index contributed by atoms with van der Waals surface area (Å²) in [5, 5.41) is 0. The van der Waals surface area contributed by atoms with Crippen LogP contribution in [0.2, 0.25) is 0 Å². The van der Waals surface area contributed by atoms with Crippen molar-refractivity contribution < 1.29 is 4.39 Å². The smallest absolute Gasteiger partial charge is 0.212 e. The van der Waals surface area contributed by atoms with Gasteiger partial charge in [-0.15, -0.1) is 0 Å². The molecule has 1 saturated carbocycles. The van der Waals surface area contributed by atoms with Crippen molar-refractivity contribution in [3.05, 3.63) is 65.2 Å². The largest absolute Gasteiger partial charge is 0.227 e. The van der Waals surface area contributed by atoms with Gasteiger partial charge < -0.3 is 0 Å². The molecule has 136 valence electrons. The molecule has 0 bridgehead atoms. The van der Waals surface area contributed by atoms with E-state index in [1.54, 1.807) is 6.07 Å². The summed E-state index contributed by atoms with van der Waals surface area (Å²) in [5.74, 6) is 7.36. The second-order valence-electron chi connectivity index (χ2n) is 7.46. The molecular formula is C24H28FN. The molecular weight excluding hydrogens is 321 g/mol. The summed E-state index contributed by atoms with van der Waals surface area (Å²) in [6.45, 7) is 2.28. The quantitative estimate of drug-likeness (QED) is 0.342. The third-order valence-corrected chi connectivity index (χ3v) is 5.52. The van der Waals surface area contributed by atoms with Gasteiger partial charge in [0.2, 0.25) is 5.95 Å². The summed E-state index contributed by atoms with van der Waals surface area (Å²) in [4.78, 5) is 3.63. The molecule has 0 N–H and O–H groups in total. The van der Waals surface area contributed by atoms with E-state index < -0.39 is 5.95 Å². The molecule has 2 aromatic rings. The first kappa shape index (κ1) is 18.6. The van der Waals surface area contributed by atoms with Crippen molar-refractivity contribution >= 4 is 0 Å². The van der Waals surface area contributed by atoms with E-state index >= 15 is 0 Å². The van der Waals surface area contributed by atoms with Gasteiger partial charge in [-0.1, -0.05) is 56.6 Å². The zero-order chi connectivity index (χ0) is 18.2. The summed E-state index contributed by atoms with van der Waals surface area (Å²) in [6.07, 6.45) is 12.4. The Kier molecular flexibility index (Phi) is 6.83. The molecule has 0 spiro atoms. The maximum atomic E-state index is 12.8. The summed E-state index contributed by atoms with van der Waals surface area (Å²) in [5.41, 5.74) is 3.18. The highest BCUT2D eigenvalue weighted by molar-refractivity contribution is 5.42. The predicted molar refractivity (Wildman–Crippen MR) is 105 cm³/mol. The topological polar surface area (TPSA) is 12.9 Å². The molecule has 1 heterocycles. The lowest BCUT2D eigenvalue weighted by molar-refractivity contribution is 0.303. The lowest BCUT2D eigenvalue weighted by Gasteiger charge is -2.29. The Morgan fingerprint density at radius 2 is 1.62 bits per heavy atom. The zero-order valence-corrected chi connectivity index (χ0v) is 15.7. The highest BCUT2D eigenvalue weighted by Gasteiger charge is 2.21. The first-order valence-corrected chi connectivity index (χ1v) is 9.98. The van der Waals surface area contributed by atoms with Crippen molar-refractivity contribution in [2.75, 3.05) is 0 Å². The molecule has 0 unspecified atom stereocenters. The van der Waals surface area contributed by atoms with E-state index in [0.717, 1.165) is 17.0 Å². The number of unbranched alkanes of at least 4 members (excludes halogenated alkanes) is 2. The van der Waals surface area contributed by atoms with Crippen LogP contribution in [0.25, 0.3) is 0 Å². The highest BCUT2D eigenvalue weighted by atomic mass is 19.1. The van der Waals surface area contributed by atoms with Gasteiger partial charge in [-0.2, -0.15) is 4.39 Å². The number of nitrogens with zero attached hydrogens (tertiary/aromatic N) is 1. The van der Waals surface area contributed by atoms with Gasteiger partial charge in [0, 0.05) is 17.3 Å². The van der Waals surface area contributed by atoms with Crippen molar-refractivity contribution in [1.29, 1.82) is 0 Å². The van der Waals surface area contributed by atoms with E-state index in [4.69, 9.17) is 0 Å². The molecule has 0 atom stereocenters. The van der Waals surface area contributed by atoms with Crippen molar-refractivity contribution in [2.24, 2.45) is 5.92 Å². The summed E-state index contributed by atoms with van der Waals surface area (Å²) in [7, 11) is 0. The van der Waals surface area contributed by atoms with Crippen LogP contribution in [0.1, 0.15) is 80.9 Å². The van der Waals surface area contributed by atoms with Gasteiger partial charge in [-0.05, 0) is 67.3 Å². The van der Waals surface area contributed by atoms with Gasteiger partial charge in [-0.25, -0.2) is 4.98 Å². The summed E-state index contributed by atoms with van der Waals surface area (Å²) < 4.78 is 12.8. The number of aromatic nitrogens is 1. The number of rotatable bonds is 5. The van der Waals surface area contributed by atoms with E-state index in [1.165, 1.54) is 69.2 Å². The van der Waals surface area contributed by atoms with Crippen LogP contribution in [0.3, 0.4) is 0 Å². The Bertz CT molecular complexity index is 729. The number of hydrogen-bond donors (Lipinski definition) is 0.